The Morgan fingerprint density at radius 3 is 2.54 bits per heavy atom. The van der Waals surface area contributed by atoms with Crippen LogP contribution in [0.5, 0.6) is 0 Å². The average molecular weight is 349 g/mol. The fourth-order valence-corrected chi connectivity index (χ4v) is 3.59. The van der Waals surface area contributed by atoms with E-state index in [1.807, 2.05) is 31.7 Å². The molecule has 0 bridgehead atoms. The van der Waals surface area contributed by atoms with Crippen LogP contribution in [0.25, 0.3) is 0 Å². The number of benzene rings is 1. The highest BCUT2D eigenvalue weighted by molar-refractivity contribution is 8.01. The maximum Gasteiger partial charge on any atom is 0.221 e. The maximum atomic E-state index is 11.6. The first-order valence-electron chi connectivity index (χ1n) is 8.51. The molecule has 1 fully saturated rings. The average Bonchev–Trinajstić information content (AvgIpc) is 3.30. The van der Waals surface area contributed by atoms with Crippen molar-refractivity contribution in [3.05, 3.63) is 30.3 Å². The van der Waals surface area contributed by atoms with E-state index in [0.29, 0.717) is 13.0 Å². The highest BCUT2D eigenvalue weighted by Crippen LogP contribution is 2.51. The molecule has 5 nitrogen and oxygen atoms in total. The van der Waals surface area contributed by atoms with Crippen LogP contribution in [0.1, 0.15) is 33.1 Å². The Balaban J connectivity index is 1.71. The highest BCUT2D eigenvalue weighted by Gasteiger charge is 2.43. The molecule has 24 heavy (non-hydrogen) atoms. The van der Waals surface area contributed by atoms with Gasteiger partial charge in [-0.2, -0.15) is 0 Å². The Kier molecular flexibility index (Phi) is 6.97. The molecule has 0 radical (unpaired) electrons. The maximum absolute atomic E-state index is 11.6. The van der Waals surface area contributed by atoms with Gasteiger partial charge in [0.2, 0.25) is 5.91 Å². The van der Waals surface area contributed by atoms with Gasteiger partial charge in [-0.25, -0.2) is 0 Å². The molecule has 1 saturated carbocycles. The fraction of sp³-hybridized carbons (Fsp3) is 0.556. The van der Waals surface area contributed by atoms with Crippen molar-refractivity contribution < 1.29 is 4.79 Å². The summed E-state index contributed by atoms with van der Waals surface area (Å²) in [6.07, 6.45) is 2.88. The largest absolute Gasteiger partial charge is 0.356 e. The van der Waals surface area contributed by atoms with Crippen molar-refractivity contribution in [3.8, 4) is 0 Å². The molecule has 0 heterocycles. The third-order valence-electron chi connectivity index (χ3n) is 3.78. The zero-order valence-electron chi connectivity index (χ0n) is 14.8. The number of aliphatic imine (C=N–C) groups is 1. The Labute approximate surface area is 149 Å². The first kappa shape index (κ1) is 18.6. The van der Waals surface area contributed by atoms with Crippen LogP contribution in [-0.4, -0.2) is 42.8 Å². The lowest BCUT2D eigenvalue weighted by molar-refractivity contribution is -0.121. The zero-order valence-corrected chi connectivity index (χ0v) is 15.6. The number of carbonyl (C=O) groups excluding carboxylic acids is 1. The van der Waals surface area contributed by atoms with E-state index in [1.165, 1.54) is 17.7 Å². The minimum Gasteiger partial charge on any atom is -0.356 e. The first-order valence-corrected chi connectivity index (χ1v) is 9.33. The number of amides is 1. The Bertz CT molecular complexity index is 555. The smallest absolute Gasteiger partial charge is 0.221 e. The minimum atomic E-state index is 0.0613. The van der Waals surface area contributed by atoms with Crippen LogP contribution in [0, 0.1) is 0 Å². The van der Waals surface area contributed by atoms with Gasteiger partial charge in [0, 0.05) is 42.2 Å². The summed E-state index contributed by atoms with van der Waals surface area (Å²) in [6, 6.07) is 10.7. The first-order chi connectivity index (χ1) is 11.5. The van der Waals surface area contributed by atoms with E-state index in [4.69, 9.17) is 0 Å². The van der Waals surface area contributed by atoms with E-state index in [0.717, 1.165) is 12.5 Å². The summed E-state index contributed by atoms with van der Waals surface area (Å²) in [7, 11) is 1.76. The van der Waals surface area contributed by atoms with Crippen LogP contribution < -0.4 is 16.0 Å². The van der Waals surface area contributed by atoms with Crippen LogP contribution in [0.15, 0.2) is 40.2 Å². The van der Waals surface area contributed by atoms with E-state index < -0.39 is 0 Å². The van der Waals surface area contributed by atoms with E-state index >= 15 is 0 Å². The molecule has 1 amide bonds. The normalized spacial score (nSPS) is 15.9. The molecule has 1 aromatic rings. The van der Waals surface area contributed by atoms with Gasteiger partial charge in [0.05, 0.1) is 0 Å². The molecule has 6 heteroatoms. The summed E-state index contributed by atoms with van der Waals surface area (Å²) in [5, 5.41) is 9.49. The molecular formula is C18H28N4OS. The van der Waals surface area contributed by atoms with Crippen molar-refractivity contribution in [1.29, 1.82) is 0 Å². The lowest BCUT2D eigenvalue weighted by Crippen LogP contribution is -2.42. The molecule has 0 aliphatic heterocycles. The van der Waals surface area contributed by atoms with Gasteiger partial charge in [-0.3, -0.25) is 9.79 Å². The monoisotopic (exact) mass is 348 g/mol. The van der Waals surface area contributed by atoms with Crippen LogP contribution in [0.3, 0.4) is 0 Å². The third-order valence-corrected chi connectivity index (χ3v) is 5.27. The second-order valence-corrected chi connectivity index (χ2v) is 7.96. The standard InChI is InChI=1S/C18H28N4OS/c1-14(2)22-16(23)9-12-20-17(19-3)21-13-18(10-11-18)24-15-7-5-4-6-8-15/h4-8,14H,9-13H2,1-3H3,(H,22,23)(H2,19,20,21). The second-order valence-electron chi connectivity index (χ2n) is 6.42. The SMILES string of the molecule is CN=C(NCCC(=O)NC(C)C)NCC1(Sc2ccccc2)CC1. The van der Waals surface area contributed by atoms with Crippen molar-refractivity contribution >= 4 is 23.6 Å². The number of hydrogen-bond acceptors (Lipinski definition) is 3. The third kappa shape index (κ3) is 6.43. The summed E-state index contributed by atoms with van der Waals surface area (Å²) in [5.74, 6) is 0.818. The second kappa shape index (κ2) is 8.97. The lowest BCUT2D eigenvalue weighted by atomic mass is 10.3. The molecule has 132 valence electrons. The van der Waals surface area contributed by atoms with Gasteiger partial charge >= 0.3 is 0 Å². The number of rotatable bonds is 8. The summed E-state index contributed by atoms with van der Waals surface area (Å²) in [4.78, 5) is 17.2. The number of thioether (sulfide) groups is 1. The lowest BCUT2D eigenvalue weighted by Gasteiger charge is -2.18. The van der Waals surface area contributed by atoms with Crippen molar-refractivity contribution in [3.63, 3.8) is 0 Å². The molecule has 0 saturated heterocycles. The molecule has 3 N–H and O–H groups in total. The topological polar surface area (TPSA) is 65.5 Å². The Hall–Kier alpha value is -1.69. The van der Waals surface area contributed by atoms with E-state index in [9.17, 15) is 4.79 Å². The molecule has 0 aromatic heterocycles. The molecule has 2 rings (SSSR count). The van der Waals surface area contributed by atoms with Gasteiger partial charge in [0.1, 0.15) is 0 Å². The van der Waals surface area contributed by atoms with Crippen molar-refractivity contribution in [2.75, 3.05) is 20.1 Å². The molecule has 1 aliphatic rings. The van der Waals surface area contributed by atoms with Crippen LogP contribution in [0.2, 0.25) is 0 Å². The predicted octanol–water partition coefficient (Wildman–Crippen LogP) is 2.39. The number of hydrogen-bond donors (Lipinski definition) is 3. The van der Waals surface area contributed by atoms with E-state index in [2.05, 4.69) is 45.2 Å². The predicted molar refractivity (Wildman–Crippen MR) is 102 cm³/mol. The molecule has 0 unspecified atom stereocenters. The van der Waals surface area contributed by atoms with Gasteiger partial charge in [-0.05, 0) is 38.8 Å². The highest BCUT2D eigenvalue weighted by atomic mass is 32.2. The number of carbonyl (C=O) groups is 1. The van der Waals surface area contributed by atoms with Gasteiger partial charge < -0.3 is 16.0 Å². The number of guanidine groups is 1. The van der Waals surface area contributed by atoms with Crippen LogP contribution >= 0.6 is 11.8 Å². The van der Waals surface area contributed by atoms with Gasteiger partial charge in [-0.1, -0.05) is 18.2 Å². The number of nitrogens with one attached hydrogen (secondary N) is 3. The quantitative estimate of drug-likeness (QED) is 0.498. The Morgan fingerprint density at radius 2 is 1.96 bits per heavy atom. The van der Waals surface area contributed by atoms with Crippen molar-refractivity contribution in [2.24, 2.45) is 4.99 Å². The van der Waals surface area contributed by atoms with Gasteiger partial charge in [0.15, 0.2) is 5.96 Å². The fourth-order valence-electron chi connectivity index (χ4n) is 2.35. The van der Waals surface area contributed by atoms with Gasteiger partial charge in [0.25, 0.3) is 0 Å². The molecule has 0 atom stereocenters. The zero-order chi connectivity index (χ0) is 17.4. The van der Waals surface area contributed by atoms with Crippen LogP contribution in [0.4, 0.5) is 0 Å². The summed E-state index contributed by atoms with van der Waals surface area (Å²) >= 11 is 1.94. The van der Waals surface area contributed by atoms with E-state index in [1.54, 1.807) is 7.05 Å². The number of nitrogens with zero attached hydrogens (tertiary/aromatic N) is 1. The Morgan fingerprint density at radius 1 is 1.25 bits per heavy atom. The molecular weight excluding hydrogens is 320 g/mol. The van der Waals surface area contributed by atoms with Gasteiger partial charge in [-0.15, -0.1) is 11.8 Å². The molecule has 0 spiro atoms. The van der Waals surface area contributed by atoms with Crippen molar-refractivity contribution in [2.45, 2.75) is 48.8 Å². The minimum absolute atomic E-state index is 0.0613. The molecule has 1 aliphatic carbocycles. The summed E-state index contributed by atoms with van der Waals surface area (Å²) < 4.78 is 0.272. The van der Waals surface area contributed by atoms with Crippen LogP contribution in [-0.2, 0) is 4.79 Å². The van der Waals surface area contributed by atoms with E-state index in [-0.39, 0.29) is 16.7 Å². The summed E-state index contributed by atoms with van der Waals surface area (Å²) in [5.41, 5.74) is 0. The molecule has 1 aromatic carbocycles. The summed E-state index contributed by atoms with van der Waals surface area (Å²) in [6.45, 7) is 5.39. The van der Waals surface area contributed by atoms with Crippen molar-refractivity contribution in [1.82, 2.24) is 16.0 Å².